The van der Waals surface area contributed by atoms with Gasteiger partial charge >= 0.3 is 0 Å². The van der Waals surface area contributed by atoms with E-state index in [4.69, 9.17) is 12.2 Å². The largest absolute Gasteiger partial charge is 0.355 e. The van der Waals surface area contributed by atoms with Crippen LogP contribution in [0.1, 0.15) is 6.92 Å². The Morgan fingerprint density at radius 2 is 2.21 bits per heavy atom. The summed E-state index contributed by atoms with van der Waals surface area (Å²) >= 11 is 5.11. The lowest BCUT2D eigenvalue weighted by Gasteiger charge is -2.37. The number of carbonyl (C=O) groups excluding carboxylic acids is 1. The minimum atomic E-state index is -0.0911. The maximum Gasteiger partial charge on any atom is 0.238 e. The fourth-order valence-corrected chi connectivity index (χ4v) is 2.14. The van der Waals surface area contributed by atoms with Gasteiger partial charge in [-0.2, -0.15) is 0 Å². The molecule has 0 saturated carbocycles. The zero-order chi connectivity index (χ0) is 10.1. The molecule has 1 heterocycles. The van der Waals surface area contributed by atoms with E-state index in [1.54, 1.807) is 4.90 Å². The lowest BCUT2D eigenvalue weighted by molar-refractivity contribution is -0.131. The number of nitrogens with zero attached hydrogens (tertiary/aromatic N) is 1. The second kappa shape index (κ2) is 3.53. The molecule has 4 heteroatoms. The number of fused-ring (bicyclic) bond motifs is 1. The van der Waals surface area contributed by atoms with Crippen molar-refractivity contribution in [3.63, 3.8) is 0 Å². The van der Waals surface area contributed by atoms with Crippen molar-refractivity contribution in [1.29, 1.82) is 0 Å². The number of thiocarbonyl (C=S) groups is 1. The molecule has 1 aliphatic carbocycles. The van der Waals surface area contributed by atoms with Gasteiger partial charge in [-0.15, -0.1) is 0 Å². The highest BCUT2D eigenvalue weighted by atomic mass is 32.1. The summed E-state index contributed by atoms with van der Waals surface area (Å²) in [7, 11) is 0. The van der Waals surface area contributed by atoms with Crippen molar-refractivity contribution in [3.8, 4) is 0 Å². The summed E-state index contributed by atoms with van der Waals surface area (Å²) in [5.41, 5.74) is 0. The van der Waals surface area contributed by atoms with Crippen LogP contribution in [0, 0.1) is 5.92 Å². The molecule has 0 spiro atoms. The third kappa shape index (κ3) is 1.35. The van der Waals surface area contributed by atoms with Gasteiger partial charge in [0.2, 0.25) is 5.91 Å². The van der Waals surface area contributed by atoms with E-state index in [0.717, 1.165) is 0 Å². The molecule has 3 nitrogen and oxygen atoms in total. The van der Waals surface area contributed by atoms with E-state index in [1.165, 1.54) is 0 Å². The molecule has 2 aliphatic rings. The maximum absolute atomic E-state index is 11.9. The quantitative estimate of drug-likeness (QED) is 0.648. The van der Waals surface area contributed by atoms with Crippen molar-refractivity contribution in [2.24, 2.45) is 5.92 Å². The van der Waals surface area contributed by atoms with Gasteiger partial charge in [0.15, 0.2) is 5.11 Å². The summed E-state index contributed by atoms with van der Waals surface area (Å²) in [6.07, 6.45) is 7.74. The third-order valence-electron chi connectivity index (χ3n) is 2.54. The molecule has 0 aromatic rings. The van der Waals surface area contributed by atoms with Crippen LogP contribution in [0.3, 0.4) is 0 Å². The molecule has 14 heavy (non-hydrogen) atoms. The summed E-state index contributed by atoms with van der Waals surface area (Å²) in [4.78, 5) is 13.5. The first-order chi connectivity index (χ1) is 6.74. The van der Waals surface area contributed by atoms with Crippen LogP contribution in [0.2, 0.25) is 0 Å². The van der Waals surface area contributed by atoms with Crippen LogP contribution in [-0.2, 0) is 4.79 Å². The standard InChI is InChI=1S/C10H12N2OS/c1-2-12-9(13)7-5-3-4-6-8(7)11-10(12)14/h3-8H,2H2,1H3,(H,11,14)/t7-,8-/m0/s1. The van der Waals surface area contributed by atoms with Crippen LogP contribution in [0.25, 0.3) is 0 Å². The SMILES string of the molecule is CCN1C(=O)[C@H]2C=CC=C[C@@H]2NC1=S. The molecule has 1 saturated heterocycles. The molecule has 1 fully saturated rings. The minimum absolute atomic E-state index is 0.0443. The Labute approximate surface area is 88.5 Å². The van der Waals surface area contributed by atoms with Crippen LogP contribution in [0.5, 0.6) is 0 Å². The topological polar surface area (TPSA) is 32.3 Å². The van der Waals surface area contributed by atoms with Gasteiger partial charge in [-0.3, -0.25) is 9.69 Å². The van der Waals surface area contributed by atoms with Gasteiger partial charge in [-0.05, 0) is 19.1 Å². The van der Waals surface area contributed by atoms with Crippen molar-refractivity contribution in [1.82, 2.24) is 10.2 Å². The summed E-state index contributed by atoms with van der Waals surface area (Å²) in [6, 6.07) is 0.0443. The van der Waals surface area contributed by atoms with E-state index in [0.29, 0.717) is 11.7 Å². The zero-order valence-electron chi connectivity index (χ0n) is 7.93. The average molecular weight is 208 g/mol. The van der Waals surface area contributed by atoms with Crippen molar-refractivity contribution in [2.45, 2.75) is 13.0 Å². The van der Waals surface area contributed by atoms with Gasteiger partial charge in [0.05, 0.1) is 12.0 Å². The average Bonchev–Trinajstić information content (AvgIpc) is 2.18. The lowest BCUT2D eigenvalue weighted by Crippen LogP contribution is -2.58. The van der Waals surface area contributed by atoms with E-state index >= 15 is 0 Å². The van der Waals surface area contributed by atoms with E-state index < -0.39 is 0 Å². The van der Waals surface area contributed by atoms with Crippen LogP contribution in [-0.4, -0.2) is 28.5 Å². The highest BCUT2D eigenvalue weighted by molar-refractivity contribution is 7.80. The zero-order valence-corrected chi connectivity index (χ0v) is 8.75. The third-order valence-corrected chi connectivity index (χ3v) is 2.88. The first kappa shape index (κ1) is 9.40. The highest BCUT2D eigenvalue weighted by Crippen LogP contribution is 2.20. The molecular weight excluding hydrogens is 196 g/mol. The predicted octanol–water partition coefficient (Wildman–Crippen LogP) is 0.834. The van der Waals surface area contributed by atoms with Gasteiger partial charge in [0.25, 0.3) is 0 Å². The molecule has 0 unspecified atom stereocenters. The Bertz CT molecular complexity index is 335. The van der Waals surface area contributed by atoms with Crippen LogP contribution in [0.15, 0.2) is 24.3 Å². The van der Waals surface area contributed by atoms with Crippen molar-refractivity contribution in [3.05, 3.63) is 24.3 Å². The molecule has 2 rings (SSSR count). The van der Waals surface area contributed by atoms with Crippen LogP contribution in [0.4, 0.5) is 0 Å². The summed E-state index contributed by atoms with van der Waals surface area (Å²) < 4.78 is 0. The normalized spacial score (nSPS) is 30.2. The van der Waals surface area contributed by atoms with Crippen LogP contribution < -0.4 is 5.32 Å². The molecule has 0 radical (unpaired) electrons. The number of allylic oxidation sites excluding steroid dienone is 2. The fourth-order valence-electron chi connectivity index (χ4n) is 1.78. The van der Waals surface area contributed by atoms with Crippen molar-refractivity contribution < 1.29 is 4.79 Å². The van der Waals surface area contributed by atoms with Gasteiger partial charge in [0.1, 0.15) is 0 Å². The first-order valence-corrected chi connectivity index (χ1v) is 5.11. The van der Waals surface area contributed by atoms with Gasteiger partial charge in [0, 0.05) is 6.54 Å². The minimum Gasteiger partial charge on any atom is -0.355 e. The summed E-state index contributed by atoms with van der Waals surface area (Å²) in [5, 5.41) is 3.69. The maximum atomic E-state index is 11.9. The number of nitrogens with one attached hydrogen (secondary N) is 1. The van der Waals surface area contributed by atoms with Gasteiger partial charge < -0.3 is 5.32 Å². The van der Waals surface area contributed by atoms with Crippen molar-refractivity contribution in [2.75, 3.05) is 6.54 Å². The second-order valence-corrected chi connectivity index (χ2v) is 3.74. The van der Waals surface area contributed by atoms with E-state index in [-0.39, 0.29) is 17.9 Å². The van der Waals surface area contributed by atoms with Gasteiger partial charge in [-0.25, -0.2) is 0 Å². The Morgan fingerprint density at radius 3 is 2.93 bits per heavy atom. The molecule has 0 aromatic carbocycles. The van der Waals surface area contributed by atoms with Crippen molar-refractivity contribution >= 4 is 23.2 Å². The number of rotatable bonds is 1. The first-order valence-electron chi connectivity index (χ1n) is 4.71. The summed E-state index contributed by atoms with van der Waals surface area (Å²) in [5.74, 6) is 0.00787. The molecule has 0 bridgehead atoms. The fraction of sp³-hybridized carbons (Fsp3) is 0.400. The van der Waals surface area contributed by atoms with Gasteiger partial charge in [-0.1, -0.05) is 24.3 Å². The number of amides is 1. The second-order valence-electron chi connectivity index (χ2n) is 3.35. The number of hydrogen-bond acceptors (Lipinski definition) is 2. The molecule has 1 amide bonds. The van der Waals surface area contributed by atoms with E-state index in [1.807, 2.05) is 31.2 Å². The van der Waals surface area contributed by atoms with E-state index in [9.17, 15) is 4.79 Å². The Morgan fingerprint density at radius 1 is 1.50 bits per heavy atom. The molecule has 74 valence electrons. The number of hydrogen-bond donors (Lipinski definition) is 1. The van der Waals surface area contributed by atoms with E-state index in [2.05, 4.69) is 5.32 Å². The van der Waals surface area contributed by atoms with Crippen LogP contribution >= 0.6 is 12.2 Å². The smallest absolute Gasteiger partial charge is 0.238 e. The predicted molar refractivity (Wildman–Crippen MR) is 58.7 cm³/mol. The molecule has 1 N–H and O–H groups in total. The molecule has 1 aliphatic heterocycles. The Kier molecular flexibility index (Phi) is 2.37. The molecular formula is C10H12N2OS. The number of carbonyl (C=O) groups is 1. The Hall–Kier alpha value is -1.16. The summed E-state index contributed by atoms with van der Waals surface area (Å²) in [6.45, 7) is 2.56. The molecule has 2 atom stereocenters. The Balaban J connectivity index is 2.26. The highest BCUT2D eigenvalue weighted by Gasteiger charge is 2.36. The lowest BCUT2D eigenvalue weighted by atomic mass is 9.92. The monoisotopic (exact) mass is 208 g/mol. The molecule has 0 aromatic heterocycles.